The molecule has 0 aromatic carbocycles. The Morgan fingerprint density at radius 2 is 2.06 bits per heavy atom. The number of hydrogen-bond donors (Lipinski definition) is 1. The monoisotopic (exact) mass is 265 g/mol. The molecule has 1 saturated carbocycles. The Morgan fingerprint density at radius 3 is 2.53 bits per heavy atom. The smallest absolute Gasteiger partial charge is 0.150 e. The van der Waals surface area contributed by atoms with Gasteiger partial charge in [-0.15, -0.1) is 0 Å². The molecule has 0 aliphatic heterocycles. The lowest BCUT2D eigenvalue weighted by Gasteiger charge is -2.38. The van der Waals surface area contributed by atoms with E-state index in [4.69, 9.17) is 5.73 Å². The Bertz CT molecular complexity index is 344. The van der Waals surface area contributed by atoms with Gasteiger partial charge in [0.2, 0.25) is 0 Å². The molecule has 0 aromatic rings. The molecule has 1 fully saturated rings. The Labute approximate surface area is 104 Å². The van der Waals surface area contributed by atoms with Crippen LogP contribution in [0.3, 0.4) is 0 Å². The summed E-state index contributed by atoms with van der Waals surface area (Å²) in [4.78, 5) is 0. The molecule has 1 rings (SSSR count). The van der Waals surface area contributed by atoms with Gasteiger partial charge in [0.15, 0.2) is 0 Å². The zero-order valence-electron chi connectivity index (χ0n) is 10.8. The van der Waals surface area contributed by atoms with Crippen molar-refractivity contribution < 1.29 is 12.8 Å². The van der Waals surface area contributed by atoms with E-state index in [1.165, 1.54) is 6.26 Å². The lowest BCUT2D eigenvalue weighted by atomic mass is 9.76. The van der Waals surface area contributed by atoms with Crippen LogP contribution in [0, 0.1) is 5.92 Å². The van der Waals surface area contributed by atoms with Crippen LogP contribution in [0.15, 0.2) is 0 Å². The average Bonchev–Trinajstić information content (AvgIpc) is 2.28. The molecule has 1 aliphatic carbocycles. The molecule has 5 heteroatoms. The van der Waals surface area contributed by atoms with Crippen molar-refractivity contribution in [2.75, 3.05) is 12.8 Å². The van der Waals surface area contributed by atoms with Gasteiger partial charge in [0.25, 0.3) is 0 Å². The molecule has 3 atom stereocenters. The van der Waals surface area contributed by atoms with Crippen molar-refractivity contribution in [3.63, 3.8) is 0 Å². The lowest BCUT2D eigenvalue weighted by Crippen LogP contribution is -2.44. The van der Waals surface area contributed by atoms with Gasteiger partial charge in [-0.1, -0.05) is 19.8 Å². The topological polar surface area (TPSA) is 60.2 Å². The van der Waals surface area contributed by atoms with Crippen molar-refractivity contribution >= 4 is 9.84 Å². The second-order valence-corrected chi connectivity index (χ2v) is 7.63. The fourth-order valence-corrected chi connectivity index (χ4v) is 4.07. The molecule has 0 bridgehead atoms. The first-order valence-electron chi connectivity index (χ1n) is 6.41. The maximum Gasteiger partial charge on any atom is 0.150 e. The van der Waals surface area contributed by atoms with E-state index < -0.39 is 15.5 Å². The van der Waals surface area contributed by atoms with E-state index in [-0.39, 0.29) is 17.7 Å². The Hall–Kier alpha value is -0.160. The van der Waals surface area contributed by atoms with E-state index in [2.05, 4.69) is 0 Å². The molecule has 1 aliphatic rings. The van der Waals surface area contributed by atoms with Crippen molar-refractivity contribution in [2.45, 2.75) is 56.4 Å². The van der Waals surface area contributed by atoms with Crippen molar-refractivity contribution in [1.29, 1.82) is 0 Å². The molecular formula is C12H24FNO2S. The van der Waals surface area contributed by atoms with Crippen LogP contribution in [0.4, 0.5) is 4.39 Å². The van der Waals surface area contributed by atoms with Crippen molar-refractivity contribution in [1.82, 2.24) is 0 Å². The van der Waals surface area contributed by atoms with Crippen LogP contribution in [0.1, 0.15) is 45.4 Å². The molecule has 0 aromatic heterocycles. The molecule has 2 N–H and O–H groups in total. The predicted octanol–water partition coefficient (Wildman–Crippen LogP) is 2.06. The van der Waals surface area contributed by atoms with Crippen LogP contribution in [0.25, 0.3) is 0 Å². The Kier molecular flexibility index (Phi) is 4.95. The van der Waals surface area contributed by atoms with Gasteiger partial charge in [0.1, 0.15) is 15.5 Å². The van der Waals surface area contributed by atoms with E-state index >= 15 is 0 Å². The number of nitrogens with two attached hydrogens (primary N) is 1. The van der Waals surface area contributed by atoms with E-state index in [0.29, 0.717) is 19.3 Å². The summed E-state index contributed by atoms with van der Waals surface area (Å²) in [6, 6.07) is 0. The molecule has 0 amide bonds. The Morgan fingerprint density at radius 1 is 1.41 bits per heavy atom. The first-order valence-corrected chi connectivity index (χ1v) is 8.36. The molecular weight excluding hydrogens is 241 g/mol. The van der Waals surface area contributed by atoms with Gasteiger partial charge in [0, 0.05) is 12.8 Å². The highest BCUT2D eigenvalue weighted by molar-refractivity contribution is 7.91. The largest absolute Gasteiger partial charge is 0.328 e. The minimum absolute atomic E-state index is 0.00197. The quantitative estimate of drug-likeness (QED) is 0.827. The normalized spacial score (nSPS) is 29.9. The zero-order valence-corrected chi connectivity index (χ0v) is 11.6. The zero-order chi connectivity index (χ0) is 13.1. The predicted molar refractivity (Wildman–Crippen MR) is 68.4 cm³/mol. The van der Waals surface area contributed by atoms with Crippen LogP contribution >= 0.6 is 0 Å². The van der Waals surface area contributed by atoms with Crippen LogP contribution in [-0.4, -0.2) is 32.1 Å². The van der Waals surface area contributed by atoms with Gasteiger partial charge in [-0.25, -0.2) is 12.8 Å². The number of halogens is 1. The summed E-state index contributed by atoms with van der Waals surface area (Å²) in [5.74, 6) is -0.194. The van der Waals surface area contributed by atoms with Gasteiger partial charge >= 0.3 is 0 Å². The summed E-state index contributed by atoms with van der Waals surface area (Å²) >= 11 is 0. The molecule has 102 valence electrons. The SMILES string of the molecule is CCCC(F)(CN)C1CCCC(S(C)(=O)=O)C1. The minimum atomic E-state index is -3.05. The summed E-state index contributed by atoms with van der Waals surface area (Å²) in [6.45, 7) is 1.93. The lowest BCUT2D eigenvalue weighted by molar-refractivity contribution is 0.0555. The third kappa shape index (κ3) is 3.65. The number of rotatable bonds is 5. The van der Waals surface area contributed by atoms with Gasteiger partial charge in [-0.2, -0.15) is 0 Å². The molecule has 3 nitrogen and oxygen atoms in total. The van der Waals surface area contributed by atoms with Crippen LogP contribution < -0.4 is 5.73 Å². The van der Waals surface area contributed by atoms with Crippen LogP contribution in [0.2, 0.25) is 0 Å². The van der Waals surface area contributed by atoms with Gasteiger partial charge < -0.3 is 5.73 Å². The second kappa shape index (κ2) is 5.65. The number of sulfone groups is 1. The summed E-state index contributed by atoms with van der Waals surface area (Å²) < 4.78 is 37.8. The minimum Gasteiger partial charge on any atom is -0.328 e. The van der Waals surface area contributed by atoms with Crippen LogP contribution in [-0.2, 0) is 9.84 Å². The first-order chi connectivity index (χ1) is 7.83. The highest BCUT2D eigenvalue weighted by atomic mass is 32.2. The van der Waals surface area contributed by atoms with Crippen molar-refractivity contribution in [3.8, 4) is 0 Å². The summed E-state index contributed by atoms with van der Waals surface area (Å²) in [7, 11) is -3.05. The Balaban J connectivity index is 2.78. The van der Waals surface area contributed by atoms with E-state index in [0.717, 1.165) is 19.3 Å². The first kappa shape index (κ1) is 14.9. The highest BCUT2D eigenvalue weighted by Gasteiger charge is 2.41. The van der Waals surface area contributed by atoms with Gasteiger partial charge in [-0.3, -0.25) is 0 Å². The maximum atomic E-state index is 14.6. The molecule has 0 heterocycles. The average molecular weight is 265 g/mol. The van der Waals surface area contributed by atoms with Crippen molar-refractivity contribution in [2.24, 2.45) is 11.7 Å². The molecule has 0 radical (unpaired) electrons. The summed E-state index contributed by atoms with van der Waals surface area (Å²) in [5.41, 5.74) is 4.18. The van der Waals surface area contributed by atoms with E-state index in [1.54, 1.807) is 0 Å². The third-order valence-corrected chi connectivity index (χ3v) is 5.61. The van der Waals surface area contributed by atoms with Gasteiger partial charge in [0.05, 0.1) is 5.25 Å². The highest BCUT2D eigenvalue weighted by Crippen LogP contribution is 2.39. The summed E-state index contributed by atoms with van der Waals surface area (Å²) in [5, 5.41) is -0.375. The molecule has 17 heavy (non-hydrogen) atoms. The fourth-order valence-electron chi connectivity index (χ4n) is 2.89. The fraction of sp³-hybridized carbons (Fsp3) is 1.00. The van der Waals surface area contributed by atoms with Crippen LogP contribution in [0.5, 0.6) is 0 Å². The van der Waals surface area contributed by atoms with E-state index in [9.17, 15) is 12.8 Å². The molecule has 3 unspecified atom stereocenters. The molecule has 0 saturated heterocycles. The van der Waals surface area contributed by atoms with Crippen molar-refractivity contribution in [3.05, 3.63) is 0 Å². The second-order valence-electron chi connectivity index (χ2n) is 5.30. The van der Waals surface area contributed by atoms with Gasteiger partial charge in [-0.05, 0) is 31.6 Å². The standard InChI is InChI=1S/C12H24FNO2S/c1-3-7-12(13,9-14)10-5-4-6-11(8-10)17(2,15)16/h10-11H,3-9,14H2,1-2H3. The number of hydrogen-bond acceptors (Lipinski definition) is 3. The third-order valence-electron chi connectivity index (χ3n) is 3.97. The van der Waals surface area contributed by atoms with E-state index in [1.807, 2.05) is 6.92 Å². The summed E-state index contributed by atoms with van der Waals surface area (Å²) in [6.07, 6.45) is 5.09. The maximum absolute atomic E-state index is 14.6. The number of alkyl halides is 1. The molecule has 0 spiro atoms.